The maximum Gasteiger partial charge on any atom is 0.330 e. The molecule has 0 N–H and O–H groups in total. The van der Waals surface area contributed by atoms with E-state index in [9.17, 15) is 19.2 Å². The lowest BCUT2D eigenvalue weighted by atomic mass is 9.85. The van der Waals surface area contributed by atoms with Gasteiger partial charge in [0, 0.05) is 5.56 Å². The second kappa shape index (κ2) is 7.49. The van der Waals surface area contributed by atoms with E-state index in [4.69, 9.17) is 4.74 Å². The van der Waals surface area contributed by atoms with E-state index < -0.39 is 18.6 Å². The van der Waals surface area contributed by atoms with Crippen molar-refractivity contribution in [1.82, 2.24) is 4.90 Å². The number of benzene rings is 1. The Bertz CT molecular complexity index is 932. The second-order valence-electron chi connectivity index (χ2n) is 9.07. The van der Waals surface area contributed by atoms with Gasteiger partial charge in [0.25, 0.3) is 0 Å². The van der Waals surface area contributed by atoms with Crippen molar-refractivity contribution in [2.45, 2.75) is 40.2 Å². The van der Waals surface area contributed by atoms with Crippen LogP contribution in [0.1, 0.15) is 41.8 Å². The van der Waals surface area contributed by atoms with Crippen molar-refractivity contribution in [1.29, 1.82) is 0 Å². The van der Waals surface area contributed by atoms with Gasteiger partial charge >= 0.3 is 5.97 Å². The molecular weight excluding hydrogens is 382 g/mol. The molecule has 1 aliphatic heterocycles. The fourth-order valence-electron chi connectivity index (χ4n) is 5.10. The summed E-state index contributed by atoms with van der Waals surface area (Å²) in [5.41, 5.74) is 2.52. The zero-order valence-electron chi connectivity index (χ0n) is 17.8. The van der Waals surface area contributed by atoms with Crippen molar-refractivity contribution >= 4 is 23.6 Å². The quantitative estimate of drug-likeness (QED) is 0.312. The molecule has 1 saturated carbocycles. The number of esters is 1. The number of hydrogen-bond acceptors (Lipinski definition) is 5. The minimum Gasteiger partial charge on any atom is -0.456 e. The zero-order valence-corrected chi connectivity index (χ0v) is 17.8. The molecule has 1 aromatic rings. The summed E-state index contributed by atoms with van der Waals surface area (Å²) in [6.45, 7) is 7.01. The van der Waals surface area contributed by atoms with Gasteiger partial charge in [-0.15, -0.1) is 0 Å². The summed E-state index contributed by atoms with van der Waals surface area (Å²) in [6.07, 6.45) is 4.87. The molecule has 2 bridgehead atoms. The summed E-state index contributed by atoms with van der Waals surface area (Å²) in [6, 6.07) is 4.31. The number of likely N-dealkylation sites (tertiary alicyclic amines) is 1. The van der Waals surface area contributed by atoms with E-state index in [1.54, 1.807) is 26.0 Å². The summed E-state index contributed by atoms with van der Waals surface area (Å²) >= 11 is 0. The highest BCUT2D eigenvalue weighted by atomic mass is 16.5. The number of nitrogens with zero attached hydrogens (tertiary/aromatic N) is 1. The standard InChI is InChI=1S/C24H27NO5/c1-12(2)21(24(29)30-11-18(26)15-6-5-13(3)14(4)9-15)25-22(27)19-16-7-8-17(10-16)20(19)23(25)28/h5-9,12,16-17,19-21H,10-11H2,1-4H3/t16-,17-,19+,20+,21-/m0/s1. The third-order valence-electron chi connectivity index (χ3n) is 6.83. The molecule has 2 aliphatic carbocycles. The number of allylic oxidation sites excluding steroid dienone is 2. The van der Waals surface area contributed by atoms with Gasteiger partial charge in [0.1, 0.15) is 6.04 Å². The lowest BCUT2D eigenvalue weighted by Gasteiger charge is -2.28. The van der Waals surface area contributed by atoms with Crippen LogP contribution in [0.4, 0.5) is 0 Å². The van der Waals surface area contributed by atoms with Gasteiger partial charge in [-0.1, -0.05) is 38.1 Å². The van der Waals surface area contributed by atoms with Gasteiger partial charge in [-0.2, -0.15) is 0 Å². The molecule has 6 heteroatoms. The van der Waals surface area contributed by atoms with Crippen molar-refractivity contribution in [2.75, 3.05) is 6.61 Å². The average molecular weight is 409 g/mol. The summed E-state index contributed by atoms with van der Waals surface area (Å²) in [4.78, 5) is 52.6. The smallest absolute Gasteiger partial charge is 0.330 e. The fourth-order valence-corrected chi connectivity index (χ4v) is 5.10. The SMILES string of the molecule is Cc1ccc(C(=O)COC(=O)[C@H](C(C)C)N2C(=O)[C@H]3[C@H](C2=O)[C@H]2C=C[C@H]3C2)cc1C. The van der Waals surface area contributed by atoms with Crippen LogP contribution in [0.2, 0.25) is 0 Å². The average Bonchev–Trinajstić information content (AvgIpc) is 3.38. The van der Waals surface area contributed by atoms with Crippen molar-refractivity contribution in [2.24, 2.45) is 29.6 Å². The summed E-state index contributed by atoms with van der Waals surface area (Å²) in [5.74, 6) is -2.45. The third-order valence-corrected chi connectivity index (χ3v) is 6.83. The van der Waals surface area contributed by atoms with E-state index in [2.05, 4.69) is 0 Å². The number of fused-ring (bicyclic) bond motifs is 5. The molecule has 30 heavy (non-hydrogen) atoms. The highest BCUT2D eigenvalue weighted by Gasteiger charge is 2.61. The molecule has 6 nitrogen and oxygen atoms in total. The van der Waals surface area contributed by atoms with Crippen LogP contribution in [0.25, 0.3) is 0 Å². The largest absolute Gasteiger partial charge is 0.456 e. The molecule has 0 spiro atoms. The predicted molar refractivity (Wildman–Crippen MR) is 109 cm³/mol. The summed E-state index contributed by atoms with van der Waals surface area (Å²) in [7, 11) is 0. The topological polar surface area (TPSA) is 80.8 Å². The molecule has 2 fully saturated rings. The van der Waals surface area contributed by atoms with E-state index >= 15 is 0 Å². The first-order valence-electron chi connectivity index (χ1n) is 10.5. The van der Waals surface area contributed by atoms with Crippen LogP contribution in [0.3, 0.4) is 0 Å². The molecule has 0 aromatic heterocycles. The number of carbonyl (C=O) groups is 4. The number of ketones is 1. The highest BCUT2D eigenvalue weighted by molar-refractivity contribution is 6.09. The molecule has 0 unspecified atom stereocenters. The fraction of sp³-hybridized carbons (Fsp3) is 0.500. The first kappa shape index (κ1) is 20.5. The molecule has 1 heterocycles. The lowest BCUT2D eigenvalue weighted by molar-refractivity contribution is -0.160. The maximum atomic E-state index is 13.1. The van der Waals surface area contributed by atoms with E-state index in [1.165, 1.54) is 0 Å². The van der Waals surface area contributed by atoms with Crippen molar-refractivity contribution in [3.8, 4) is 0 Å². The molecule has 5 atom stereocenters. The van der Waals surface area contributed by atoms with Crippen LogP contribution in [-0.4, -0.2) is 41.1 Å². The Labute approximate surface area is 176 Å². The summed E-state index contributed by atoms with van der Waals surface area (Å²) in [5, 5.41) is 0. The van der Waals surface area contributed by atoms with Gasteiger partial charge in [0.2, 0.25) is 11.8 Å². The van der Waals surface area contributed by atoms with Gasteiger partial charge in [-0.3, -0.25) is 19.3 Å². The van der Waals surface area contributed by atoms with E-state index in [-0.39, 0.29) is 47.2 Å². The van der Waals surface area contributed by atoms with E-state index in [0.29, 0.717) is 5.56 Å². The van der Waals surface area contributed by atoms with Crippen LogP contribution in [0, 0.1) is 43.4 Å². The van der Waals surface area contributed by atoms with Crippen molar-refractivity contribution in [3.63, 3.8) is 0 Å². The Morgan fingerprint density at radius 3 is 2.17 bits per heavy atom. The molecule has 0 radical (unpaired) electrons. The summed E-state index contributed by atoms with van der Waals surface area (Å²) < 4.78 is 5.30. The van der Waals surface area contributed by atoms with Crippen LogP contribution >= 0.6 is 0 Å². The van der Waals surface area contributed by atoms with Gasteiger partial charge in [0.15, 0.2) is 12.4 Å². The Morgan fingerprint density at radius 2 is 1.63 bits per heavy atom. The number of carbonyl (C=O) groups excluding carboxylic acids is 4. The van der Waals surface area contributed by atoms with Gasteiger partial charge < -0.3 is 4.74 Å². The molecule has 3 aliphatic rings. The Kier molecular flexibility index (Phi) is 5.12. The number of ether oxygens (including phenoxy) is 1. The van der Waals surface area contributed by atoms with Crippen LogP contribution in [-0.2, 0) is 19.1 Å². The molecule has 4 rings (SSSR count). The molecule has 158 valence electrons. The highest BCUT2D eigenvalue weighted by Crippen LogP contribution is 2.53. The van der Waals surface area contributed by atoms with Gasteiger partial charge in [0.05, 0.1) is 11.8 Å². The van der Waals surface area contributed by atoms with Crippen LogP contribution < -0.4 is 0 Å². The first-order valence-corrected chi connectivity index (χ1v) is 10.5. The minimum atomic E-state index is -1.01. The van der Waals surface area contributed by atoms with Crippen LogP contribution in [0.5, 0.6) is 0 Å². The Morgan fingerprint density at radius 1 is 1.03 bits per heavy atom. The Hall–Kier alpha value is -2.76. The van der Waals surface area contributed by atoms with E-state index in [0.717, 1.165) is 22.4 Å². The van der Waals surface area contributed by atoms with Crippen molar-refractivity contribution < 1.29 is 23.9 Å². The number of amides is 2. The Balaban J connectivity index is 1.47. The molecule has 1 aromatic carbocycles. The lowest BCUT2D eigenvalue weighted by Crippen LogP contribution is -2.50. The molecule has 1 saturated heterocycles. The molecular formula is C24H27NO5. The van der Waals surface area contributed by atoms with Crippen molar-refractivity contribution in [3.05, 3.63) is 47.0 Å². The molecule has 2 amide bonds. The number of rotatable bonds is 6. The number of hydrogen-bond donors (Lipinski definition) is 0. The first-order chi connectivity index (χ1) is 14.2. The van der Waals surface area contributed by atoms with Crippen LogP contribution in [0.15, 0.2) is 30.4 Å². The van der Waals surface area contributed by atoms with Gasteiger partial charge in [-0.25, -0.2) is 4.79 Å². The third kappa shape index (κ3) is 3.18. The second-order valence-corrected chi connectivity index (χ2v) is 9.07. The zero-order chi connectivity index (χ0) is 21.7. The normalized spacial score (nSPS) is 27.7. The number of Topliss-reactive ketones (excluding diaryl/α,β-unsaturated/α-hetero) is 1. The van der Waals surface area contributed by atoms with Gasteiger partial charge in [-0.05, 0) is 55.2 Å². The number of aryl methyl sites for hydroxylation is 2. The predicted octanol–water partition coefficient (Wildman–Crippen LogP) is 2.86. The minimum absolute atomic E-state index is 0.0802. The van der Waals surface area contributed by atoms with E-state index in [1.807, 2.05) is 32.1 Å². The maximum absolute atomic E-state index is 13.1. The monoisotopic (exact) mass is 409 g/mol. The number of imide groups is 1.